The van der Waals surface area contributed by atoms with Crippen LogP contribution in [0.25, 0.3) is 11.3 Å². The van der Waals surface area contributed by atoms with Crippen LogP contribution in [0.5, 0.6) is 0 Å². The number of rotatable bonds is 8. The molecular weight excluding hydrogens is 541 g/mol. The van der Waals surface area contributed by atoms with Crippen molar-refractivity contribution in [1.29, 1.82) is 0 Å². The lowest BCUT2D eigenvalue weighted by Gasteiger charge is -2.32. The highest BCUT2D eigenvalue weighted by molar-refractivity contribution is 6.04. The maximum atomic E-state index is 13.1. The van der Waals surface area contributed by atoms with Crippen LogP contribution in [0, 0.1) is 0 Å². The molecule has 1 aliphatic rings. The van der Waals surface area contributed by atoms with Crippen molar-refractivity contribution in [3.8, 4) is 11.3 Å². The van der Waals surface area contributed by atoms with E-state index in [-0.39, 0.29) is 11.6 Å². The topological polar surface area (TPSA) is 73.4 Å². The standard InChI is InChI=1S/C32H33F3N6O/c1-22(25-5-4-8-28(18-25)38-31(42)26-6-3-7-27(17-26)32(33,34)35)37-30-20-36-19-29(39-30)24-11-9-23(10-12-24)21-41-15-13-40(2)14-16-41/h3-12,17-20,22H,13-16,21H2,1-2H3,(H,37,39)(H,38,42)/t22-/m0/s1. The van der Waals surface area contributed by atoms with Gasteiger partial charge in [-0.25, -0.2) is 4.98 Å². The third-order valence-corrected chi connectivity index (χ3v) is 7.35. The van der Waals surface area contributed by atoms with E-state index in [4.69, 9.17) is 4.98 Å². The molecule has 2 heterocycles. The summed E-state index contributed by atoms with van der Waals surface area (Å²) < 4.78 is 39.2. The van der Waals surface area contributed by atoms with Gasteiger partial charge in [0.2, 0.25) is 0 Å². The largest absolute Gasteiger partial charge is 0.416 e. The molecule has 1 amide bonds. The van der Waals surface area contributed by atoms with Crippen molar-refractivity contribution in [3.63, 3.8) is 0 Å². The van der Waals surface area contributed by atoms with Gasteiger partial charge in [-0.2, -0.15) is 13.2 Å². The fourth-order valence-electron chi connectivity index (χ4n) is 4.85. The quantitative estimate of drug-likeness (QED) is 0.256. The molecule has 0 unspecified atom stereocenters. The van der Waals surface area contributed by atoms with E-state index >= 15 is 0 Å². The summed E-state index contributed by atoms with van der Waals surface area (Å²) in [5.41, 5.74) is 3.38. The van der Waals surface area contributed by atoms with Gasteiger partial charge in [0.25, 0.3) is 5.91 Å². The predicted molar refractivity (Wildman–Crippen MR) is 158 cm³/mol. The molecule has 1 aliphatic heterocycles. The number of alkyl halides is 3. The smallest absolute Gasteiger partial charge is 0.362 e. The van der Waals surface area contributed by atoms with Crippen molar-refractivity contribution in [2.75, 3.05) is 43.9 Å². The Labute approximate surface area is 243 Å². The minimum Gasteiger partial charge on any atom is -0.362 e. The normalized spacial score (nSPS) is 15.3. The third kappa shape index (κ3) is 7.51. The van der Waals surface area contributed by atoms with Gasteiger partial charge in [0, 0.05) is 49.5 Å². The summed E-state index contributed by atoms with van der Waals surface area (Å²) in [6.45, 7) is 7.20. The number of halogens is 3. The molecule has 0 saturated carbocycles. The molecule has 0 bridgehead atoms. The van der Waals surface area contributed by atoms with E-state index in [9.17, 15) is 18.0 Å². The third-order valence-electron chi connectivity index (χ3n) is 7.35. The summed E-state index contributed by atoms with van der Waals surface area (Å²) in [6, 6.07) is 19.7. The summed E-state index contributed by atoms with van der Waals surface area (Å²) in [5, 5.41) is 6.04. The lowest BCUT2D eigenvalue weighted by atomic mass is 10.1. The number of piperazine rings is 1. The Kier molecular flexibility index (Phi) is 8.84. The van der Waals surface area contributed by atoms with Gasteiger partial charge < -0.3 is 15.5 Å². The minimum atomic E-state index is -4.52. The molecule has 10 heteroatoms. The molecule has 4 aromatic rings. The predicted octanol–water partition coefficient (Wildman–Crippen LogP) is 6.34. The number of nitrogens with zero attached hydrogens (tertiary/aromatic N) is 4. The first-order chi connectivity index (χ1) is 20.1. The molecule has 0 aliphatic carbocycles. The number of aromatic nitrogens is 2. The summed E-state index contributed by atoms with van der Waals surface area (Å²) in [4.78, 5) is 26.6. The Morgan fingerprint density at radius 1 is 0.952 bits per heavy atom. The molecule has 3 aromatic carbocycles. The highest BCUT2D eigenvalue weighted by Gasteiger charge is 2.31. The molecule has 1 aromatic heterocycles. The summed E-state index contributed by atoms with van der Waals surface area (Å²) >= 11 is 0. The van der Waals surface area contributed by atoms with Crippen LogP contribution < -0.4 is 10.6 Å². The first kappa shape index (κ1) is 29.2. The van der Waals surface area contributed by atoms with E-state index in [1.54, 1.807) is 30.6 Å². The Morgan fingerprint density at radius 3 is 2.43 bits per heavy atom. The molecule has 1 saturated heterocycles. The van der Waals surface area contributed by atoms with Crippen LogP contribution in [0.2, 0.25) is 0 Å². The number of likely N-dealkylation sites (N-methyl/N-ethyl adjacent to an activating group) is 1. The van der Waals surface area contributed by atoms with Crippen molar-refractivity contribution in [2.24, 2.45) is 0 Å². The van der Waals surface area contributed by atoms with Crippen molar-refractivity contribution in [3.05, 3.63) is 107 Å². The van der Waals surface area contributed by atoms with E-state index in [2.05, 4.69) is 56.7 Å². The first-order valence-corrected chi connectivity index (χ1v) is 13.8. The molecule has 1 atom stereocenters. The Bertz CT molecular complexity index is 1520. The van der Waals surface area contributed by atoms with E-state index < -0.39 is 17.6 Å². The van der Waals surface area contributed by atoms with Crippen LogP contribution in [0.4, 0.5) is 24.7 Å². The molecule has 2 N–H and O–H groups in total. The number of anilines is 2. The van der Waals surface area contributed by atoms with Gasteiger partial charge in [0.15, 0.2) is 0 Å². The molecule has 42 heavy (non-hydrogen) atoms. The van der Waals surface area contributed by atoms with Crippen LogP contribution >= 0.6 is 0 Å². The van der Waals surface area contributed by atoms with Gasteiger partial charge in [0.05, 0.1) is 29.7 Å². The highest BCUT2D eigenvalue weighted by Crippen LogP contribution is 2.30. The first-order valence-electron chi connectivity index (χ1n) is 13.8. The van der Waals surface area contributed by atoms with Gasteiger partial charge in [-0.05, 0) is 55.4 Å². The Morgan fingerprint density at radius 2 is 1.69 bits per heavy atom. The number of nitrogens with one attached hydrogen (secondary N) is 2. The molecule has 1 fully saturated rings. The second-order valence-corrected chi connectivity index (χ2v) is 10.6. The van der Waals surface area contributed by atoms with Crippen LogP contribution in [0.15, 0.2) is 85.2 Å². The lowest BCUT2D eigenvalue weighted by Crippen LogP contribution is -2.43. The Balaban J connectivity index is 1.22. The number of carbonyl (C=O) groups excluding carboxylic acids is 1. The number of hydrogen-bond acceptors (Lipinski definition) is 6. The van der Waals surface area contributed by atoms with Crippen LogP contribution in [0.1, 0.15) is 40.0 Å². The SMILES string of the molecule is C[C@H](Nc1cncc(-c2ccc(CN3CCN(C)CC3)cc2)n1)c1cccc(NC(=O)c2cccc(C(F)(F)F)c2)c1. The maximum Gasteiger partial charge on any atom is 0.416 e. The zero-order valence-corrected chi connectivity index (χ0v) is 23.5. The minimum absolute atomic E-state index is 0.0687. The summed E-state index contributed by atoms with van der Waals surface area (Å²) in [5.74, 6) is -0.0214. The van der Waals surface area contributed by atoms with Crippen LogP contribution in [0.3, 0.4) is 0 Å². The lowest BCUT2D eigenvalue weighted by molar-refractivity contribution is -0.137. The maximum absolute atomic E-state index is 13.1. The summed E-state index contributed by atoms with van der Waals surface area (Å²) in [7, 11) is 2.15. The van der Waals surface area contributed by atoms with Gasteiger partial charge >= 0.3 is 6.18 Å². The zero-order chi connectivity index (χ0) is 29.7. The highest BCUT2D eigenvalue weighted by atomic mass is 19.4. The van der Waals surface area contributed by atoms with Crippen molar-refractivity contribution >= 4 is 17.4 Å². The monoisotopic (exact) mass is 574 g/mol. The van der Waals surface area contributed by atoms with E-state index in [0.29, 0.717) is 11.5 Å². The number of carbonyl (C=O) groups is 1. The number of hydrogen-bond donors (Lipinski definition) is 2. The second kappa shape index (κ2) is 12.7. The average Bonchev–Trinajstić information content (AvgIpc) is 2.98. The Hall–Kier alpha value is -4.28. The number of amides is 1. The molecule has 218 valence electrons. The zero-order valence-electron chi connectivity index (χ0n) is 23.5. The van der Waals surface area contributed by atoms with E-state index in [0.717, 1.165) is 61.7 Å². The van der Waals surface area contributed by atoms with Crippen molar-refractivity contribution < 1.29 is 18.0 Å². The molecule has 7 nitrogen and oxygen atoms in total. The van der Waals surface area contributed by atoms with Crippen LogP contribution in [-0.4, -0.2) is 58.9 Å². The fourth-order valence-corrected chi connectivity index (χ4v) is 4.85. The molecule has 0 spiro atoms. The molecule has 5 rings (SSSR count). The van der Waals surface area contributed by atoms with Gasteiger partial charge in [-0.15, -0.1) is 0 Å². The second-order valence-electron chi connectivity index (χ2n) is 10.6. The molecule has 0 radical (unpaired) electrons. The number of benzene rings is 3. The van der Waals surface area contributed by atoms with Gasteiger partial charge in [0.1, 0.15) is 5.82 Å². The summed E-state index contributed by atoms with van der Waals surface area (Å²) in [6.07, 6.45) is -1.14. The van der Waals surface area contributed by atoms with E-state index in [1.807, 2.05) is 13.0 Å². The van der Waals surface area contributed by atoms with Gasteiger partial charge in [-0.1, -0.05) is 42.5 Å². The van der Waals surface area contributed by atoms with Crippen molar-refractivity contribution in [1.82, 2.24) is 19.8 Å². The average molecular weight is 575 g/mol. The van der Waals surface area contributed by atoms with Crippen LogP contribution in [-0.2, 0) is 12.7 Å². The molecular formula is C32H33F3N6O. The fraction of sp³-hybridized carbons (Fsp3) is 0.281. The van der Waals surface area contributed by atoms with E-state index in [1.165, 1.54) is 17.7 Å². The van der Waals surface area contributed by atoms with Crippen molar-refractivity contribution in [2.45, 2.75) is 25.7 Å². The van der Waals surface area contributed by atoms with Gasteiger partial charge in [-0.3, -0.25) is 14.7 Å².